The molecule has 0 fully saturated rings. The largest absolute Gasteiger partial charge is 0.495 e. The maximum atomic E-state index is 12.7. The van der Waals surface area contributed by atoms with Gasteiger partial charge in [-0.25, -0.2) is 8.42 Å². The maximum Gasteiger partial charge on any atom is 0.247 e. The van der Waals surface area contributed by atoms with Gasteiger partial charge in [0.15, 0.2) is 0 Å². The molecule has 2 aromatic rings. The van der Waals surface area contributed by atoms with Gasteiger partial charge in [0.1, 0.15) is 10.6 Å². The highest BCUT2D eigenvalue weighted by atomic mass is 32.2. The van der Waals surface area contributed by atoms with Gasteiger partial charge >= 0.3 is 0 Å². The molecule has 4 nitrogen and oxygen atoms in total. The van der Waals surface area contributed by atoms with Crippen LogP contribution in [-0.4, -0.2) is 26.4 Å². The van der Waals surface area contributed by atoms with E-state index in [9.17, 15) is 8.42 Å². The Kier molecular flexibility index (Phi) is 3.54. The summed E-state index contributed by atoms with van der Waals surface area (Å²) in [7, 11) is -2.02. The second-order valence-corrected chi connectivity index (χ2v) is 7.52. The number of ether oxygens (including phenoxy) is 1. The van der Waals surface area contributed by atoms with Gasteiger partial charge in [0.25, 0.3) is 0 Å². The molecule has 0 unspecified atom stereocenters. The summed E-state index contributed by atoms with van der Waals surface area (Å²) >= 11 is 1.70. The first-order valence-corrected chi connectivity index (χ1v) is 8.63. The molecule has 0 atom stereocenters. The molecule has 106 valence electrons. The number of fused-ring (bicyclic) bond motifs is 1. The summed E-state index contributed by atoms with van der Waals surface area (Å²) in [5.74, 6) is 0.392. The van der Waals surface area contributed by atoms with Gasteiger partial charge in [-0.2, -0.15) is 4.31 Å². The lowest BCUT2D eigenvalue weighted by Crippen LogP contribution is -2.35. The number of nitrogens with zero attached hydrogens (tertiary/aromatic N) is 1. The molecular weight excluding hydrogens is 294 g/mol. The lowest BCUT2D eigenvalue weighted by molar-refractivity contribution is 0.379. The molecule has 1 aliphatic heterocycles. The maximum absolute atomic E-state index is 12.7. The number of thiophene rings is 1. The minimum atomic E-state index is -3.51. The van der Waals surface area contributed by atoms with Gasteiger partial charge in [-0.3, -0.25) is 0 Å². The highest BCUT2D eigenvalue weighted by molar-refractivity contribution is 7.89. The Morgan fingerprint density at radius 1 is 1.25 bits per heavy atom. The van der Waals surface area contributed by atoms with Gasteiger partial charge < -0.3 is 4.74 Å². The zero-order chi connectivity index (χ0) is 14.2. The third kappa shape index (κ3) is 2.24. The van der Waals surface area contributed by atoms with Crippen molar-refractivity contribution < 1.29 is 13.2 Å². The third-order valence-corrected chi connectivity index (χ3v) is 6.37. The van der Waals surface area contributed by atoms with Crippen molar-refractivity contribution in [2.45, 2.75) is 17.9 Å². The monoisotopic (exact) mass is 309 g/mol. The van der Waals surface area contributed by atoms with E-state index in [-0.39, 0.29) is 4.90 Å². The lowest BCUT2D eigenvalue weighted by atomic mass is 10.1. The van der Waals surface area contributed by atoms with E-state index < -0.39 is 10.0 Å². The first-order valence-electron chi connectivity index (χ1n) is 6.31. The van der Waals surface area contributed by atoms with Crippen LogP contribution in [0.25, 0.3) is 0 Å². The Morgan fingerprint density at radius 2 is 2.05 bits per heavy atom. The molecule has 20 heavy (non-hydrogen) atoms. The number of sulfonamides is 1. The van der Waals surface area contributed by atoms with Gasteiger partial charge in [0, 0.05) is 18.0 Å². The first-order chi connectivity index (χ1) is 9.63. The Labute approximate surface area is 122 Å². The van der Waals surface area contributed by atoms with Crippen LogP contribution in [0.2, 0.25) is 0 Å². The summed E-state index contributed by atoms with van der Waals surface area (Å²) in [4.78, 5) is 1.53. The highest BCUT2D eigenvalue weighted by Gasteiger charge is 2.30. The number of methoxy groups -OCH3 is 1. The van der Waals surface area contributed by atoms with Crippen LogP contribution in [0.3, 0.4) is 0 Å². The molecule has 1 aromatic heterocycles. The average Bonchev–Trinajstić information content (AvgIpc) is 2.94. The Hall–Kier alpha value is -1.37. The van der Waals surface area contributed by atoms with Crippen molar-refractivity contribution >= 4 is 21.4 Å². The van der Waals surface area contributed by atoms with Crippen molar-refractivity contribution in [2.75, 3.05) is 13.7 Å². The van der Waals surface area contributed by atoms with Crippen molar-refractivity contribution in [2.24, 2.45) is 0 Å². The molecular formula is C14H15NO3S2. The number of rotatable bonds is 3. The molecule has 0 saturated heterocycles. The minimum absolute atomic E-state index is 0.237. The van der Waals surface area contributed by atoms with Crippen LogP contribution >= 0.6 is 11.3 Å². The smallest absolute Gasteiger partial charge is 0.247 e. The Morgan fingerprint density at radius 3 is 2.85 bits per heavy atom. The first kappa shape index (κ1) is 13.6. The van der Waals surface area contributed by atoms with Gasteiger partial charge in [-0.15, -0.1) is 11.3 Å². The number of benzene rings is 1. The van der Waals surface area contributed by atoms with Crippen LogP contribution in [0.5, 0.6) is 5.75 Å². The fourth-order valence-corrected chi connectivity index (χ4v) is 4.86. The number of hydrogen-bond donors (Lipinski definition) is 0. The van der Waals surface area contributed by atoms with Crippen LogP contribution in [-0.2, 0) is 23.0 Å². The number of para-hydroxylation sites is 1. The summed E-state index contributed by atoms with van der Waals surface area (Å²) in [5, 5.41) is 2.02. The van der Waals surface area contributed by atoms with E-state index in [4.69, 9.17) is 4.74 Å². The van der Waals surface area contributed by atoms with Crippen LogP contribution in [0.1, 0.15) is 10.4 Å². The SMILES string of the molecule is COc1ccccc1S(=O)(=O)N1CCc2sccc2C1. The van der Waals surface area contributed by atoms with Crippen LogP contribution in [0.15, 0.2) is 40.6 Å². The Balaban J connectivity index is 1.97. The molecule has 0 radical (unpaired) electrons. The van der Waals surface area contributed by atoms with E-state index in [0.29, 0.717) is 18.8 Å². The summed E-state index contributed by atoms with van der Waals surface area (Å²) in [6.07, 6.45) is 0.779. The van der Waals surface area contributed by atoms with Crippen molar-refractivity contribution in [3.8, 4) is 5.75 Å². The van der Waals surface area contributed by atoms with Gasteiger partial charge in [0.05, 0.1) is 7.11 Å². The van der Waals surface area contributed by atoms with Crippen molar-refractivity contribution in [3.05, 3.63) is 46.2 Å². The third-order valence-electron chi connectivity index (χ3n) is 3.46. The highest BCUT2D eigenvalue weighted by Crippen LogP contribution is 2.31. The number of hydrogen-bond acceptors (Lipinski definition) is 4. The van der Waals surface area contributed by atoms with Crippen LogP contribution in [0.4, 0.5) is 0 Å². The summed E-state index contributed by atoms with van der Waals surface area (Å²) in [6, 6.07) is 8.76. The zero-order valence-corrected chi connectivity index (χ0v) is 12.7. The summed E-state index contributed by atoms with van der Waals surface area (Å²) in [5.41, 5.74) is 1.11. The van der Waals surface area contributed by atoms with E-state index >= 15 is 0 Å². The van der Waals surface area contributed by atoms with E-state index in [1.54, 1.807) is 35.6 Å². The van der Waals surface area contributed by atoms with Crippen LogP contribution in [0, 0.1) is 0 Å². The molecule has 0 amide bonds. The molecule has 6 heteroatoms. The van der Waals surface area contributed by atoms with Crippen LogP contribution < -0.4 is 4.74 Å². The standard InChI is InChI=1S/C14H15NO3S2/c1-18-12-4-2-3-5-14(12)20(16,17)15-8-6-13-11(10-15)7-9-19-13/h2-5,7,9H,6,8,10H2,1H3. The van der Waals surface area contributed by atoms with E-state index in [0.717, 1.165) is 12.0 Å². The fourth-order valence-electron chi connectivity index (χ4n) is 2.40. The average molecular weight is 309 g/mol. The fraction of sp³-hybridized carbons (Fsp3) is 0.286. The second-order valence-electron chi connectivity index (χ2n) is 4.61. The molecule has 0 spiro atoms. The van der Waals surface area contributed by atoms with E-state index in [1.807, 2.05) is 11.4 Å². The summed E-state index contributed by atoms with van der Waals surface area (Å²) in [6.45, 7) is 0.965. The molecule has 0 bridgehead atoms. The molecule has 3 rings (SSSR count). The van der Waals surface area contributed by atoms with E-state index in [2.05, 4.69) is 0 Å². The van der Waals surface area contributed by atoms with Crippen molar-refractivity contribution in [3.63, 3.8) is 0 Å². The van der Waals surface area contributed by atoms with Gasteiger partial charge in [-0.05, 0) is 35.6 Å². The molecule has 2 heterocycles. The molecule has 0 N–H and O–H groups in total. The van der Waals surface area contributed by atoms with Gasteiger partial charge in [-0.1, -0.05) is 12.1 Å². The zero-order valence-electron chi connectivity index (χ0n) is 11.1. The van der Waals surface area contributed by atoms with Crippen molar-refractivity contribution in [1.29, 1.82) is 0 Å². The molecule has 1 aromatic carbocycles. The van der Waals surface area contributed by atoms with Crippen molar-refractivity contribution in [1.82, 2.24) is 4.31 Å². The quantitative estimate of drug-likeness (QED) is 0.875. The van der Waals surface area contributed by atoms with Gasteiger partial charge in [0.2, 0.25) is 10.0 Å². The molecule has 0 aliphatic carbocycles. The lowest BCUT2D eigenvalue weighted by Gasteiger charge is -2.26. The van der Waals surface area contributed by atoms with E-state index in [1.165, 1.54) is 16.3 Å². The molecule has 1 aliphatic rings. The topological polar surface area (TPSA) is 46.6 Å². The Bertz CT molecular complexity index is 722. The summed E-state index contributed by atoms with van der Waals surface area (Å²) < 4.78 is 32.2. The minimum Gasteiger partial charge on any atom is -0.495 e. The normalized spacial score (nSPS) is 15.8. The second kappa shape index (κ2) is 5.20. The predicted octanol–water partition coefficient (Wildman–Crippen LogP) is 2.50. The predicted molar refractivity (Wildman–Crippen MR) is 78.6 cm³/mol. The molecule has 0 saturated carbocycles.